The van der Waals surface area contributed by atoms with Crippen molar-refractivity contribution in [1.29, 1.82) is 0 Å². The fourth-order valence-corrected chi connectivity index (χ4v) is 8.19. The zero-order valence-electron chi connectivity index (χ0n) is 31.2. The van der Waals surface area contributed by atoms with Gasteiger partial charge in [0.2, 0.25) is 0 Å². The number of fused-ring (bicyclic) bond motifs is 3. The van der Waals surface area contributed by atoms with Crippen molar-refractivity contribution >= 4 is 38.9 Å². The quantitative estimate of drug-likeness (QED) is 0.161. The van der Waals surface area contributed by atoms with Crippen molar-refractivity contribution in [3.8, 4) is 39.1 Å². The van der Waals surface area contributed by atoms with Gasteiger partial charge < -0.3 is 9.47 Å². The molecule has 0 aliphatic rings. The number of aromatic nitrogens is 1. The van der Waals surface area contributed by atoms with Crippen LogP contribution in [-0.4, -0.2) is 4.57 Å². The molecule has 0 fully saturated rings. The summed E-state index contributed by atoms with van der Waals surface area (Å²) >= 11 is 0. The van der Waals surface area contributed by atoms with Crippen LogP contribution in [0, 0.1) is 27.7 Å². The first-order valence-electron chi connectivity index (χ1n) is 18.8. The van der Waals surface area contributed by atoms with Gasteiger partial charge in [-0.1, -0.05) is 121 Å². The van der Waals surface area contributed by atoms with Crippen molar-refractivity contribution in [3.05, 3.63) is 204 Å². The van der Waals surface area contributed by atoms with Crippen LogP contribution in [-0.2, 0) is 0 Å². The maximum atomic E-state index is 2.38. The Morgan fingerprint density at radius 2 is 0.870 bits per heavy atom. The van der Waals surface area contributed by atoms with Crippen LogP contribution < -0.4 is 4.90 Å². The van der Waals surface area contributed by atoms with E-state index >= 15 is 0 Å². The Hall–Kier alpha value is -6.64. The molecule has 1 heterocycles. The Labute approximate surface area is 318 Å². The normalized spacial score (nSPS) is 11.3. The van der Waals surface area contributed by atoms with Crippen LogP contribution in [0.3, 0.4) is 0 Å². The summed E-state index contributed by atoms with van der Waals surface area (Å²) in [6.45, 7) is 9.02. The van der Waals surface area contributed by atoms with E-state index in [9.17, 15) is 0 Å². The lowest BCUT2D eigenvalue weighted by atomic mass is 9.88. The molecular weight excluding hydrogens is 653 g/mol. The number of nitrogens with zero attached hydrogens (tertiary/aromatic N) is 2. The Balaban J connectivity index is 1.06. The predicted octanol–water partition coefficient (Wildman–Crippen LogP) is 14.5. The zero-order valence-corrected chi connectivity index (χ0v) is 31.2. The van der Waals surface area contributed by atoms with E-state index in [-0.39, 0.29) is 0 Å². The van der Waals surface area contributed by atoms with Crippen LogP contribution in [0.1, 0.15) is 22.3 Å². The molecule has 260 valence electrons. The van der Waals surface area contributed by atoms with E-state index in [0.717, 1.165) is 11.4 Å². The summed E-state index contributed by atoms with van der Waals surface area (Å²) in [5, 5.41) is 2.56. The molecule has 0 spiro atoms. The second-order valence-electron chi connectivity index (χ2n) is 14.4. The summed E-state index contributed by atoms with van der Waals surface area (Å²) in [7, 11) is 0. The van der Waals surface area contributed by atoms with E-state index < -0.39 is 0 Å². The Morgan fingerprint density at radius 1 is 0.370 bits per heavy atom. The van der Waals surface area contributed by atoms with Crippen LogP contribution in [0.15, 0.2) is 182 Å². The van der Waals surface area contributed by atoms with Gasteiger partial charge in [0, 0.05) is 33.5 Å². The third kappa shape index (κ3) is 5.77. The zero-order chi connectivity index (χ0) is 36.8. The standard InChI is InChI=1S/C52H42N2/c1-35-34-52(53(42-17-9-6-10-18-42)43-27-23-40(24-28-43)39-15-7-5-8-16-39)36(2)33-49(35)46-32-31-45(37(3)38(46)4)41-25-29-44(30-26-41)54-50-21-13-11-19-47(50)48-20-12-14-22-51(48)54/h5-34H,1-4H3. The molecule has 0 saturated carbocycles. The predicted molar refractivity (Wildman–Crippen MR) is 231 cm³/mol. The number of benzene rings is 8. The third-order valence-electron chi connectivity index (χ3n) is 11.1. The highest BCUT2D eigenvalue weighted by Crippen LogP contribution is 2.42. The highest BCUT2D eigenvalue weighted by Gasteiger charge is 2.19. The lowest BCUT2D eigenvalue weighted by Crippen LogP contribution is -2.12. The number of anilines is 3. The second kappa shape index (κ2) is 13.7. The minimum Gasteiger partial charge on any atom is -0.310 e. The summed E-state index contributed by atoms with van der Waals surface area (Å²) in [5.74, 6) is 0. The molecule has 0 bridgehead atoms. The molecule has 9 aromatic rings. The molecule has 8 aromatic carbocycles. The Morgan fingerprint density at radius 3 is 1.52 bits per heavy atom. The summed E-state index contributed by atoms with van der Waals surface area (Å²) in [5.41, 5.74) is 19.7. The van der Waals surface area contributed by atoms with Crippen molar-refractivity contribution in [2.75, 3.05) is 4.90 Å². The number of aryl methyl sites for hydroxylation is 2. The van der Waals surface area contributed by atoms with Crippen molar-refractivity contribution in [2.45, 2.75) is 27.7 Å². The van der Waals surface area contributed by atoms with Gasteiger partial charge in [0.05, 0.1) is 11.0 Å². The van der Waals surface area contributed by atoms with Crippen LogP contribution in [0.25, 0.3) is 60.9 Å². The van der Waals surface area contributed by atoms with Gasteiger partial charge in [0.1, 0.15) is 0 Å². The van der Waals surface area contributed by atoms with E-state index in [4.69, 9.17) is 0 Å². The van der Waals surface area contributed by atoms with E-state index in [0.29, 0.717) is 0 Å². The monoisotopic (exact) mass is 694 g/mol. The van der Waals surface area contributed by atoms with Gasteiger partial charge in [0.25, 0.3) is 0 Å². The lowest BCUT2D eigenvalue weighted by Gasteiger charge is -2.28. The maximum Gasteiger partial charge on any atom is 0.0541 e. The van der Waals surface area contributed by atoms with Gasteiger partial charge in [-0.15, -0.1) is 0 Å². The second-order valence-corrected chi connectivity index (χ2v) is 14.4. The maximum absolute atomic E-state index is 2.38. The van der Waals surface area contributed by atoms with Gasteiger partial charge in [-0.05, 0) is 144 Å². The molecule has 54 heavy (non-hydrogen) atoms. The molecular formula is C52H42N2. The average Bonchev–Trinajstić information content (AvgIpc) is 3.56. The van der Waals surface area contributed by atoms with Gasteiger partial charge in [-0.3, -0.25) is 0 Å². The third-order valence-corrected chi connectivity index (χ3v) is 11.1. The first-order valence-corrected chi connectivity index (χ1v) is 18.8. The fourth-order valence-electron chi connectivity index (χ4n) is 8.19. The van der Waals surface area contributed by atoms with E-state index in [1.54, 1.807) is 0 Å². The van der Waals surface area contributed by atoms with E-state index in [1.165, 1.54) is 88.8 Å². The summed E-state index contributed by atoms with van der Waals surface area (Å²) in [6, 6.07) is 66.0. The van der Waals surface area contributed by atoms with E-state index in [2.05, 4.69) is 219 Å². The number of hydrogen-bond acceptors (Lipinski definition) is 1. The van der Waals surface area contributed by atoms with Crippen LogP contribution in [0.2, 0.25) is 0 Å². The molecule has 0 unspecified atom stereocenters. The molecule has 0 saturated heterocycles. The van der Waals surface area contributed by atoms with E-state index in [1.807, 2.05) is 0 Å². The smallest absolute Gasteiger partial charge is 0.0541 e. The number of para-hydroxylation sites is 3. The molecule has 0 atom stereocenters. The minimum absolute atomic E-state index is 1.14. The van der Waals surface area contributed by atoms with Gasteiger partial charge in [-0.25, -0.2) is 0 Å². The highest BCUT2D eigenvalue weighted by atomic mass is 15.1. The summed E-state index contributed by atoms with van der Waals surface area (Å²) in [6.07, 6.45) is 0. The summed E-state index contributed by atoms with van der Waals surface area (Å²) in [4.78, 5) is 2.38. The summed E-state index contributed by atoms with van der Waals surface area (Å²) < 4.78 is 2.38. The van der Waals surface area contributed by atoms with Gasteiger partial charge in [0.15, 0.2) is 0 Å². The van der Waals surface area contributed by atoms with Crippen molar-refractivity contribution in [2.24, 2.45) is 0 Å². The molecule has 0 aliphatic carbocycles. The Bertz CT molecular complexity index is 2720. The van der Waals surface area contributed by atoms with Gasteiger partial charge >= 0.3 is 0 Å². The van der Waals surface area contributed by atoms with Crippen LogP contribution in [0.4, 0.5) is 17.1 Å². The van der Waals surface area contributed by atoms with Crippen LogP contribution >= 0.6 is 0 Å². The topological polar surface area (TPSA) is 8.17 Å². The average molecular weight is 695 g/mol. The Kier molecular flexibility index (Phi) is 8.44. The molecule has 0 radical (unpaired) electrons. The molecule has 0 amide bonds. The molecule has 0 N–H and O–H groups in total. The first kappa shape index (κ1) is 33.2. The largest absolute Gasteiger partial charge is 0.310 e. The number of hydrogen-bond donors (Lipinski definition) is 0. The minimum atomic E-state index is 1.14. The highest BCUT2D eigenvalue weighted by molar-refractivity contribution is 6.09. The molecule has 1 aromatic heterocycles. The van der Waals surface area contributed by atoms with Crippen molar-refractivity contribution < 1.29 is 0 Å². The molecule has 9 rings (SSSR count). The first-order chi connectivity index (χ1) is 26.5. The lowest BCUT2D eigenvalue weighted by molar-refractivity contribution is 1.18. The van der Waals surface area contributed by atoms with Crippen molar-refractivity contribution in [3.63, 3.8) is 0 Å². The molecule has 2 heteroatoms. The molecule has 0 aliphatic heterocycles. The fraction of sp³-hybridized carbons (Fsp3) is 0.0769. The van der Waals surface area contributed by atoms with Crippen molar-refractivity contribution in [1.82, 2.24) is 4.57 Å². The van der Waals surface area contributed by atoms with Crippen LogP contribution in [0.5, 0.6) is 0 Å². The number of rotatable bonds is 7. The van der Waals surface area contributed by atoms with Gasteiger partial charge in [-0.2, -0.15) is 0 Å². The SMILES string of the molecule is Cc1cc(N(c2ccccc2)c2ccc(-c3ccccc3)cc2)c(C)cc1-c1ccc(-c2ccc(-n3c4ccccc4c4ccccc43)cc2)c(C)c1C. The molecule has 2 nitrogen and oxygen atoms in total.